The first-order chi connectivity index (χ1) is 21.0. The number of benzene rings is 1. The molecule has 0 aromatic heterocycles. The van der Waals surface area contributed by atoms with Gasteiger partial charge in [0.05, 0.1) is 26.2 Å². The summed E-state index contributed by atoms with van der Waals surface area (Å²) in [5, 5.41) is 28.2. The van der Waals surface area contributed by atoms with Gasteiger partial charge in [0, 0.05) is 98.0 Å². The third kappa shape index (κ3) is 15.8. The maximum absolute atomic E-state index is 13.7. The number of hydrogen-bond acceptors (Lipinski definition) is 9. The van der Waals surface area contributed by atoms with Crippen LogP contribution >= 0.6 is 0 Å². The van der Waals surface area contributed by atoms with Crippen molar-refractivity contribution in [3.8, 4) is 0 Å². The van der Waals surface area contributed by atoms with Gasteiger partial charge in [-0.05, 0) is 36.5 Å². The van der Waals surface area contributed by atoms with Crippen LogP contribution in [0.2, 0.25) is 0 Å². The van der Waals surface area contributed by atoms with Gasteiger partial charge >= 0.3 is 47.5 Å². The number of aliphatic carboxylic acids is 3. The molecule has 5 N–H and O–H groups in total. The van der Waals surface area contributed by atoms with E-state index in [0.717, 1.165) is 12.8 Å². The summed E-state index contributed by atoms with van der Waals surface area (Å²) in [6.45, 7) is 1.12. The summed E-state index contributed by atoms with van der Waals surface area (Å²) >= 11 is 0. The number of carboxylic acid groups (broad SMARTS) is 3. The van der Waals surface area contributed by atoms with Crippen LogP contribution < -0.4 is 10.6 Å². The number of primary amides is 1. The zero-order valence-corrected chi connectivity index (χ0v) is 27.9. The van der Waals surface area contributed by atoms with E-state index in [4.69, 9.17) is 5.73 Å². The van der Waals surface area contributed by atoms with Gasteiger partial charge in [0.25, 0.3) is 0 Å². The second-order valence-electron chi connectivity index (χ2n) is 11.7. The summed E-state index contributed by atoms with van der Waals surface area (Å²) in [5.74, 6) is -3.61. The number of amides is 2. The van der Waals surface area contributed by atoms with Crippen LogP contribution in [0.3, 0.4) is 0 Å². The van der Waals surface area contributed by atoms with Gasteiger partial charge in [0.1, 0.15) is 6.54 Å². The molecule has 0 radical (unpaired) electrons. The molecule has 0 unspecified atom stereocenters. The van der Waals surface area contributed by atoms with Gasteiger partial charge in [-0.3, -0.25) is 43.6 Å². The molecule has 2 aliphatic rings. The number of carbonyl (C=O) groups is 5. The number of rotatable bonds is 12. The SMILES string of the molecule is NC(=O)CN(C(=O)CN1CCN(CC(=O)O)CCN(CC(=O)O)CCN(CC(=O)O)CC1)c1ccc(C2CCCCC2)cc1.[Gd].[NaH]. The monoisotopic (exact) mass is 800 g/mol. The van der Waals surface area contributed by atoms with E-state index < -0.39 is 23.8 Å². The minimum atomic E-state index is -1.03. The molecule has 16 heteroatoms. The van der Waals surface area contributed by atoms with E-state index in [1.54, 1.807) is 14.7 Å². The van der Waals surface area contributed by atoms with Crippen LogP contribution in [0.1, 0.15) is 43.6 Å². The molecule has 46 heavy (non-hydrogen) atoms. The Morgan fingerprint density at radius 3 is 1.37 bits per heavy atom. The van der Waals surface area contributed by atoms with Crippen LogP contribution in [-0.2, 0) is 24.0 Å². The third-order valence-electron chi connectivity index (χ3n) is 8.26. The molecule has 1 aliphatic carbocycles. The number of nitrogens with zero attached hydrogens (tertiary/aromatic N) is 5. The number of carboxylic acids is 3. The summed E-state index contributed by atoms with van der Waals surface area (Å²) in [4.78, 5) is 68.4. The molecule has 1 saturated heterocycles. The van der Waals surface area contributed by atoms with Crippen molar-refractivity contribution in [3.05, 3.63) is 29.8 Å². The Morgan fingerprint density at radius 1 is 0.652 bits per heavy atom. The van der Waals surface area contributed by atoms with E-state index in [0.29, 0.717) is 24.7 Å². The van der Waals surface area contributed by atoms with Gasteiger partial charge in [-0.2, -0.15) is 0 Å². The second-order valence-corrected chi connectivity index (χ2v) is 11.7. The molecule has 0 spiro atoms. The number of hydrogen-bond donors (Lipinski definition) is 4. The summed E-state index contributed by atoms with van der Waals surface area (Å²) in [6, 6.07) is 7.69. The third-order valence-corrected chi connectivity index (χ3v) is 8.26. The Balaban J connectivity index is 0.00000529. The van der Waals surface area contributed by atoms with Gasteiger partial charge in [-0.25, -0.2) is 0 Å². The van der Waals surface area contributed by atoms with Crippen LogP contribution in [-0.4, -0.2) is 179 Å². The maximum atomic E-state index is 13.7. The van der Waals surface area contributed by atoms with Crippen molar-refractivity contribution in [2.45, 2.75) is 38.0 Å². The number of nitrogens with two attached hydrogens (primary N) is 1. The predicted octanol–water partition coefficient (Wildman–Crippen LogP) is -0.620. The Hall–Kier alpha value is -1.27. The Kier molecular flexibility index (Phi) is 20.8. The topological polar surface area (TPSA) is 188 Å². The standard InChI is InChI=1S/C30H46N6O8.Gd.Na.H/c31-26(37)18-36(25-8-6-24(7-9-25)23-4-2-1-3-5-23)27(38)19-32-10-12-33(20-28(39)40)14-16-35(22-30(43)44)17-15-34(13-11-32)21-29(41)42;;;/h6-9,23H,1-5,10-22H2,(H2,31,37)(H,39,40)(H,41,42)(H,43,44);;;. The average Bonchev–Trinajstić information content (AvgIpc) is 2.97. The van der Waals surface area contributed by atoms with Crippen molar-refractivity contribution >= 4 is 65.0 Å². The molecule has 1 aromatic rings. The summed E-state index contributed by atoms with van der Waals surface area (Å²) in [5.41, 5.74) is 7.29. The van der Waals surface area contributed by atoms with Crippen LogP contribution in [0, 0.1) is 39.9 Å². The van der Waals surface area contributed by atoms with Crippen LogP contribution in [0.15, 0.2) is 24.3 Å². The molecule has 1 aliphatic heterocycles. The van der Waals surface area contributed by atoms with E-state index in [2.05, 4.69) is 0 Å². The normalized spacial score (nSPS) is 18.2. The van der Waals surface area contributed by atoms with E-state index in [-0.39, 0.29) is 147 Å². The molecule has 2 fully saturated rings. The van der Waals surface area contributed by atoms with Gasteiger partial charge in [-0.15, -0.1) is 0 Å². The van der Waals surface area contributed by atoms with Crippen molar-refractivity contribution in [3.63, 3.8) is 0 Å². The van der Waals surface area contributed by atoms with Crippen LogP contribution in [0.5, 0.6) is 0 Å². The first-order valence-electron chi connectivity index (χ1n) is 15.2. The number of carbonyl (C=O) groups excluding carboxylic acids is 2. The Bertz CT molecular complexity index is 1110. The van der Waals surface area contributed by atoms with Crippen LogP contribution in [0.4, 0.5) is 5.69 Å². The molecule has 1 heterocycles. The zero-order valence-electron chi connectivity index (χ0n) is 25.7. The molecule has 1 saturated carbocycles. The van der Waals surface area contributed by atoms with Crippen LogP contribution in [0.25, 0.3) is 0 Å². The molecule has 0 atom stereocenters. The van der Waals surface area contributed by atoms with Crippen molar-refractivity contribution in [1.82, 2.24) is 19.6 Å². The molecule has 3 rings (SSSR count). The molecule has 2 amide bonds. The predicted molar refractivity (Wildman–Crippen MR) is 170 cm³/mol. The Morgan fingerprint density at radius 2 is 1.02 bits per heavy atom. The van der Waals surface area contributed by atoms with Crippen molar-refractivity contribution < 1.29 is 79.2 Å². The average molecular weight is 800 g/mol. The minimum absolute atomic E-state index is 0. The van der Waals surface area contributed by atoms with Gasteiger partial charge in [0.15, 0.2) is 0 Å². The molecule has 14 nitrogen and oxygen atoms in total. The molecule has 0 bridgehead atoms. The van der Waals surface area contributed by atoms with Gasteiger partial charge in [0.2, 0.25) is 11.8 Å². The first-order valence-corrected chi connectivity index (χ1v) is 15.2. The van der Waals surface area contributed by atoms with E-state index in [1.807, 2.05) is 29.2 Å². The summed E-state index contributed by atoms with van der Waals surface area (Å²) < 4.78 is 0. The quantitative estimate of drug-likeness (QED) is 0.197. The summed E-state index contributed by atoms with van der Waals surface area (Å²) in [6.07, 6.45) is 5.91. The number of anilines is 1. The molecule has 254 valence electrons. The zero-order chi connectivity index (χ0) is 32.1. The fourth-order valence-corrected chi connectivity index (χ4v) is 5.90. The Labute approximate surface area is 324 Å². The van der Waals surface area contributed by atoms with Gasteiger partial charge in [-0.1, -0.05) is 31.4 Å². The van der Waals surface area contributed by atoms with Crippen molar-refractivity contribution in [1.29, 1.82) is 0 Å². The fourth-order valence-electron chi connectivity index (χ4n) is 5.90. The van der Waals surface area contributed by atoms with Crippen molar-refractivity contribution in [2.24, 2.45) is 5.73 Å². The van der Waals surface area contributed by atoms with Crippen molar-refractivity contribution in [2.75, 3.05) is 90.0 Å². The molecule has 1 aromatic carbocycles. The fraction of sp³-hybridized carbons (Fsp3) is 0.633. The van der Waals surface area contributed by atoms with E-state index >= 15 is 0 Å². The molecular formula is C30H47GdN6NaO8. The van der Waals surface area contributed by atoms with E-state index in [1.165, 1.54) is 29.7 Å². The van der Waals surface area contributed by atoms with E-state index in [9.17, 15) is 39.3 Å². The first kappa shape index (κ1) is 42.8. The summed E-state index contributed by atoms with van der Waals surface area (Å²) in [7, 11) is 0. The second kappa shape index (κ2) is 22.4. The van der Waals surface area contributed by atoms with Gasteiger partial charge < -0.3 is 26.0 Å². The molecular weight excluding hydrogens is 753 g/mol.